The van der Waals surface area contributed by atoms with Gasteiger partial charge in [-0.3, -0.25) is 4.79 Å². The number of rotatable bonds is 6. The zero-order valence-corrected chi connectivity index (χ0v) is 10.5. The summed E-state index contributed by atoms with van der Waals surface area (Å²) >= 11 is 1.16. The second kappa shape index (κ2) is 6.19. The van der Waals surface area contributed by atoms with Crippen molar-refractivity contribution in [3.63, 3.8) is 0 Å². The van der Waals surface area contributed by atoms with Gasteiger partial charge in [0.25, 0.3) is 0 Å². The summed E-state index contributed by atoms with van der Waals surface area (Å²) < 4.78 is 0. The maximum Gasteiger partial charge on any atom is 0.357 e. The molecular formula is C10H15N3O3S. The quantitative estimate of drug-likeness (QED) is 0.708. The highest BCUT2D eigenvalue weighted by Gasteiger charge is 2.13. The largest absolute Gasteiger partial charge is 0.476 e. The van der Waals surface area contributed by atoms with Crippen LogP contribution in [-0.2, 0) is 4.79 Å². The van der Waals surface area contributed by atoms with E-state index in [-0.39, 0.29) is 18.1 Å². The molecule has 1 heterocycles. The highest BCUT2D eigenvalue weighted by Crippen LogP contribution is 2.19. The van der Waals surface area contributed by atoms with Crippen molar-refractivity contribution < 1.29 is 14.7 Å². The predicted octanol–water partition coefficient (Wildman–Crippen LogP) is 1.03. The molecule has 0 aliphatic carbocycles. The molecule has 1 amide bonds. The Labute approximate surface area is 103 Å². The Balaban J connectivity index is 2.42. The van der Waals surface area contributed by atoms with Crippen molar-refractivity contribution in [3.05, 3.63) is 11.2 Å². The van der Waals surface area contributed by atoms with Gasteiger partial charge in [-0.2, -0.15) is 0 Å². The Kier molecular flexibility index (Phi) is 4.89. The monoisotopic (exact) mass is 257 g/mol. The fourth-order valence-electron chi connectivity index (χ4n) is 1.06. The normalized spacial score (nSPS) is 10.3. The molecule has 1 aromatic heterocycles. The van der Waals surface area contributed by atoms with E-state index >= 15 is 0 Å². The second-order valence-electron chi connectivity index (χ2n) is 3.89. The number of hydrogen-bond donors (Lipinski definition) is 3. The van der Waals surface area contributed by atoms with E-state index in [9.17, 15) is 9.59 Å². The highest BCUT2D eigenvalue weighted by atomic mass is 32.1. The highest BCUT2D eigenvalue weighted by molar-refractivity contribution is 7.14. The molecule has 0 radical (unpaired) electrons. The van der Waals surface area contributed by atoms with E-state index in [1.165, 1.54) is 5.51 Å². The van der Waals surface area contributed by atoms with Gasteiger partial charge in [0, 0.05) is 6.54 Å². The first-order valence-corrected chi connectivity index (χ1v) is 6.06. The molecule has 1 aromatic rings. The molecule has 0 fully saturated rings. The molecule has 0 saturated carbocycles. The SMILES string of the molecule is CC(C)CNC(=O)CNc1scnc1C(=O)O. The van der Waals surface area contributed by atoms with Crippen molar-refractivity contribution in [2.24, 2.45) is 5.92 Å². The number of aromatic nitrogens is 1. The van der Waals surface area contributed by atoms with Gasteiger partial charge in [0.05, 0.1) is 12.1 Å². The van der Waals surface area contributed by atoms with E-state index in [2.05, 4.69) is 15.6 Å². The van der Waals surface area contributed by atoms with Crippen LogP contribution in [0.1, 0.15) is 24.3 Å². The number of aromatic carboxylic acids is 1. The minimum Gasteiger partial charge on any atom is -0.476 e. The fraction of sp³-hybridized carbons (Fsp3) is 0.500. The molecule has 0 saturated heterocycles. The second-order valence-corrected chi connectivity index (χ2v) is 4.74. The molecule has 17 heavy (non-hydrogen) atoms. The lowest BCUT2D eigenvalue weighted by Crippen LogP contribution is -2.32. The van der Waals surface area contributed by atoms with E-state index in [1.807, 2.05) is 13.8 Å². The van der Waals surface area contributed by atoms with Crippen molar-refractivity contribution in [3.8, 4) is 0 Å². The third-order valence-corrected chi connectivity index (χ3v) is 2.67. The zero-order valence-electron chi connectivity index (χ0n) is 9.69. The summed E-state index contributed by atoms with van der Waals surface area (Å²) in [6.45, 7) is 4.66. The van der Waals surface area contributed by atoms with Gasteiger partial charge in [0.2, 0.25) is 5.91 Å². The number of amides is 1. The Hall–Kier alpha value is -1.63. The van der Waals surface area contributed by atoms with Gasteiger partial charge in [-0.1, -0.05) is 13.8 Å². The van der Waals surface area contributed by atoms with Crippen LogP contribution in [0, 0.1) is 5.92 Å². The standard InChI is InChI=1S/C10H15N3O3S/c1-6(2)3-11-7(14)4-12-9-8(10(15)16)13-5-17-9/h5-6,12H,3-4H2,1-2H3,(H,11,14)(H,15,16). The zero-order chi connectivity index (χ0) is 12.8. The topological polar surface area (TPSA) is 91.3 Å². The lowest BCUT2D eigenvalue weighted by Gasteiger charge is -2.08. The molecule has 6 nitrogen and oxygen atoms in total. The maximum atomic E-state index is 11.4. The van der Waals surface area contributed by atoms with Crippen LogP contribution in [0.3, 0.4) is 0 Å². The van der Waals surface area contributed by atoms with Crippen LogP contribution in [-0.4, -0.2) is 35.1 Å². The van der Waals surface area contributed by atoms with E-state index < -0.39 is 5.97 Å². The minimum absolute atomic E-state index is 0.0494. The molecule has 0 aliphatic rings. The van der Waals surface area contributed by atoms with E-state index in [0.29, 0.717) is 17.5 Å². The molecule has 0 spiro atoms. The van der Waals surface area contributed by atoms with Crippen LogP contribution in [0.2, 0.25) is 0 Å². The van der Waals surface area contributed by atoms with Gasteiger partial charge in [0.1, 0.15) is 5.00 Å². The van der Waals surface area contributed by atoms with E-state index in [4.69, 9.17) is 5.11 Å². The first-order valence-electron chi connectivity index (χ1n) is 5.18. The van der Waals surface area contributed by atoms with Crippen molar-refractivity contribution in [2.75, 3.05) is 18.4 Å². The lowest BCUT2D eigenvalue weighted by atomic mass is 10.2. The molecule has 3 N–H and O–H groups in total. The molecule has 0 aromatic carbocycles. The Morgan fingerprint density at radius 2 is 2.24 bits per heavy atom. The number of carbonyl (C=O) groups is 2. The van der Waals surface area contributed by atoms with Gasteiger partial charge < -0.3 is 15.7 Å². The number of carboxylic acid groups (broad SMARTS) is 1. The van der Waals surface area contributed by atoms with Crippen molar-refractivity contribution >= 4 is 28.2 Å². The third-order valence-electron chi connectivity index (χ3n) is 1.89. The van der Waals surface area contributed by atoms with Crippen molar-refractivity contribution in [1.29, 1.82) is 0 Å². The van der Waals surface area contributed by atoms with Crippen LogP contribution in [0.5, 0.6) is 0 Å². The molecule has 0 atom stereocenters. The summed E-state index contributed by atoms with van der Waals surface area (Å²) in [6, 6.07) is 0. The number of nitrogens with one attached hydrogen (secondary N) is 2. The molecule has 0 bridgehead atoms. The number of thiazole rings is 1. The van der Waals surface area contributed by atoms with E-state index in [0.717, 1.165) is 11.3 Å². The van der Waals surface area contributed by atoms with Crippen LogP contribution >= 0.6 is 11.3 Å². The molecule has 7 heteroatoms. The average molecular weight is 257 g/mol. The van der Waals surface area contributed by atoms with Crippen LogP contribution in [0.4, 0.5) is 5.00 Å². The molecule has 0 aliphatic heterocycles. The summed E-state index contributed by atoms with van der Waals surface area (Å²) in [6.07, 6.45) is 0. The van der Waals surface area contributed by atoms with Crippen LogP contribution < -0.4 is 10.6 Å². The first-order chi connectivity index (χ1) is 8.00. The number of carboxylic acids is 1. The fourth-order valence-corrected chi connectivity index (χ4v) is 1.74. The van der Waals surface area contributed by atoms with E-state index in [1.54, 1.807) is 0 Å². The Morgan fingerprint density at radius 1 is 1.53 bits per heavy atom. The number of hydrogen-bond acceptors (Lipinski definition) is 5. The lowest BCUT2D eigenvalue weighted by molar-refractivity contribution is -0.119. The summed E-state index contributed by atoms with van der Waals surface area (Å²) in [4.78, 5) is 25.8. The third kappa shape index (κ3) is 4.39. The number of nitrogens with zero attached hydrogens (tertiary/aromatic N) is 1. The van der Waals surface area contributed by atoms with Gasteiger partial charge in [-0.25, -0.2) is 9.78 Å². The summed E-state index contributed by atoms with van der Waals surface area (Å²) in [5, 5.41) is 14.7. The number of carbonyl (C=O) groups excluding carboxylic acids is 1. The summed E-state index contributed by atoms with van der Waals surface area (Å²) in [7, 11) is 0. The minimum atomic E-state index is -1.10. The maximum absolute atomic E-state index is 11.4. The van der Waals surface area contributed by atoms with Gasteiger partial charge >= 0.3 is 5.97 Å². The molecule has 94 valence electrons. The van der Waals surface area contributed by atoms with Gasteiger partial charge in [0.15, 0.2) is 5.69 Å². The van der Waals surface area contributed by atoms with Crippen molar-refractivity contribution in [1.82, 2.24) is 10.3 Å². The molecular weight excluding hydrogens is 242 g/mol. The van der Waals surface area contributed by atoms with Crippen LogP contribution in [0.25, 0.3) is 0 Å². The Morgan fingerprint density at radius 3 is 2.82 bits per heavy atom. The smallest absolute Gasteiger partial charge is 0.357 e. The van der Waals surface area contributed by atoms with Crippen molar-refractivity contribution in [2.45, 2.75) is 13.8 Å². The summed E-state index contributed by atoms with van der Waals surface area (Å²) in [5.41, 5.74) is 1.38. The Bertz CT molecular complexity index is 403. The summed E-state index contributed by atoms with van der Waals surface area (Å²) in [5.74, 6) is -0.878. The van der Waals surface area contributed by atoms with Gasteiger partial charge in [-0.05, 0) is 5.92 Å². The molecule has 1 rings (SSSR count). The molecule has 0 unspecified atom stereocenters. The predicted molar refractivity (Wildman–Crippen MR) is 65.4 cm³/mol. The van der Waals surface area contributed by atoms with Crippen LogP contribution in [0.15, 0.2) is 5.51 Å². The average Bonchev–Trinajstić information content (AvgIpc) is 2.71. The first kappa shape index (κ1) is 13.4. The van der Waals surface area contributed by atoms with Gasteiger partial charge in [-0.15, -0.1) is 11.3 Å². The number of anilines is 1.